The smallest absolute Gasteiger partial charge is 0.388 e. The van der Waals surface area contributed by atoms with Crippen LogP contribution in [0.5, 0.6) is 0 Å². The predicted molar refractivity (Wildman–Crippen MR) is 103 cm³/mol. The summed E-state index contributed by atoms with van der Waals surface area (Å²) in [5, 5.41) is 3.12. The summed E-state index contributed by atoms with van der Waals surface area (Å²) in [7, 11) is 1.87. The highest BCUT2D eigenvalue weighted by Gasteiger charge is 2.36. The van der Waals surface area contributed by atoms with E-state index in [9.17, 15) is 13.2 Å². The monoisotopic (exact) mass is 375 g/mol. The van der Waals surface area contributed by atoms with E-state index in [4.69, 9.17) is 0 Å². The van der Waals surface area contributed by atoms with E-state index in [0.29, 0.717) is 12.0 Å². The lowest BCUT2D eigenvalue weighted by Crippen LogP contribution is -2.03. The second-order valence-electron chi connectivity index (χ2n) is 6.22. The molecule has 0 amide bonds. The highest BCUT2D eigenvalue weighted by molar-refractivity contribution is 7.12. The number of alkyl halides is 3. The van der Waals surface area contributed by atoms with Crippen molar-refractivity contribution in [2.24, 2.45) is 0 Å². The molecule has 0 radical (unpaired) electrons. The van der Waals surface area contributed by atoms with Crippen LogP contribution in [0.4, 0.5) is 18.9 Å². The molecule has 1 aromatic heterocycles. The van der Waals surface area contributed by atoms with E-state index in [2.05, 4.69) is 11.4 Å². The Hall–Kier alpha value is -2.27. The number of benzene rings is 2. The number of halogens is 3. The van der Waals surface area contributed by atoms with Gasteiger partial charge in [0.05, 0.1) is 0 Å². The van der Waals surface area contributed by atoms with Crippen molar-refractivity contribution >= 4 is 17.0 Å². The Labute approximate surface area is 155 Å². The lowest BCUT2D eigenvalue weighted by atomic mass is 10.0. The van der Waals surface area contributed by atoms with Crippen LogP contribution in [-0.2, 0) is 19.0 Å². The van der Waals surface area contributed by atoms with Gasteiger partial charge in [-0.3, -0.25) is 0 Å². The van der Waals surface area contributed by atoms with Crippen LogP contribution in [0.1, 0.15) is 20.9 Å². The average molecular weight is 375 g/mol. The van der Waals surface area contributed by atoms with Crippen LogP contribution in [0.15, 0.2) is 54.6 Å². The molecular weight excluding hydrogens is 355 g/mol. The molecule has 2 aromatic carbocycles. The van der Waals surface area contributed by atoms with Gasteiger partial charge in [0.1, 0.15) is 4.88 Å². The highest BCUT2D eigenvalue weighted by atomic mass is 32.1. The average Bonchev–Trinajstić information content (AvgIpc) is 3.06. The van der Waals surface area contributed by atoms with Gasteiger partial charge in [-0.25, -0.2) is 0 Å². The zero-order valence-corrected chi connectivity index (χ0v) is 15.5. The Bertz CT molecular complexity index is 882. The van der Waals surface area contributed by atoms with Gasteiger partial charge < -0.3 is 5.32 Å². The predicted octanol–water partition coefficient (Wildman–Crippen LogP) is 6.57. The summed E-state index contributed by atoms with van der Waals surface area (Å²) < 4.78 is 40.4. The molecule has 0 spiro atoms. The molecule has 0 saturated heterocycles. The zero-order valence-electron chi connectivity index (χ0n) is 14.7. The number of hydrogen-bond acceptors (Lipinski definition) is 2. The van der Waals surface area contributed by atoms with Crippen molar-refractivity contribution in [2.45, 2.75) is 25.9 Å². The second kappa shape index (κ2) is 7.54. The molecule has 3 aromatic rings. The number of anilines is 1. The van der Waals surface area contributed by atoms with Crippen molar-refractivity contribution in [1.29, 1.82) is 0 Å². The lowest BCUT2D eigenvalue weighted by Gasteiger charge is -2.07. The summed E-state index contributed by atoms with van der Waals surface area (Å²) in [5.74, 6) is 0. The van der Waals surface area contributed by atoms with E-state index in [1.54, 1.807) is 36.4 Å². The minimum Gasteiger partial charge on any atom is -0.388 e. The number of hydrogen-bond donors (Lipinski definition) is 1. The van der Waals surface area contributed by atoms with Crippen molar-refractivity contribution in [3.05, 3.63) is 75.5 Å². The Kier molecular flexibility index (Phi) is 5.37. The number of nitrogens with one attached hydrogen (secondary N) is 1. The molecule has 26 heavy (non-hydrogen) atoms. The summed E-state index contributed by atoms with van der Waals surface area (Å²) >= 11 is 0.855. The molecule has 0 atom stereocenters. The first kappa shape index (κ1) is 18.5. The van der Waals surface area contributed by atoms with Crippen LogP contribution in [-0.4, -0.2) is 7.05 Å². The maximum atomic E-state index is 13.5. The third kappa shape index (κ3) is 4.10. The Morgan fingerprint density at radius 2 is 1.69 bits per heavy atom. The van der Waals surface area contributed by atoms with Crippen LogP contribution in [0, 0.1) is 6.92 Å². The maximum Gasteiger partial charge on any atom is 0.426 e. The summed E-state index contributed by atoms with van der Waals surface area (Å²) in [6.45, 7) is 2.02. The fourth-order valence-electron chi connectivity index (χ4n) is 3.04. The highest BCUT2D eigenvalue weighted by Crippen LogP contribution is 2.43. The van der Waals surface area contributed by atoms with Gasteiger partial charge in [-0.1, -0.05) is 42.5 Å². The van der Waals surface area contributed by atoms with Gasteiger partial charge in [-0.15, -0.1) is 11.3 Å². The molecule has 0 unspecified atom stereocenters. The molecule has 0 bridgehead atoms. The second-order valence-corrected chi connectivity index (χ2v) is 7.36. The van der Waals surface area contributed by atoms with Gasteiger partial charge in [-0.05, 0) is 48.6 Å². The largest absolute Gasteiger partial charge is 0.426 e. The van der Waals surface area contributed by atoms with E-state index >= 15 is 0 Å². The van der Waals surface area contributed by atoms with E-state index in [0.717, 1.165) is 39.4 Å². The van der Waals surface area contributed by atoms with Gasteiger partial charge in [-0.2, -0.15) is 13.2 Å². The molecule has 5 heteroatoms. The molecule has 0 saturated carbocycles. The fraction of sp³-hybridized carbons (Fsp3) is 0.238. The molecular formula is C21H20F3NS. The topological polar surface area (TPSA) is 12.0 Å². The van der Waals surface area contributed by atoms with Gasteiger partial charge in [0.2, 0.25) is 0 Å². The molecule has 3 rings (SSSR count). The molecule has 0 fully saturated rings. The number of rotatable bonds is 5. The van der Waals surface area contributed by atoms with E-state index in [-0.39, 0.29) is 5.56 Å². The van der Waals surface area contributed by atoms with Gasteiger partial charge in [0.15, 0.2) is 0 Å². The SMILES string of the molecule is CNc1ccc(CCc2cc(-c3ccccc3)c(C(F)(F)F)s2)cc1C. The van der Waals surface area contributed by atoms with E-state index in [1.165, 1.54) is 0 Å². The van der Waals surface area contributed by atoms with Crippen LogP contribution < -0.4 is 5.32 Å². The third-order valence-corrected chi connectivity index (χ3v) is 5.59. The third-order valence-electron chi connectivity index (χ3n) is 4.35. The Morgan fingerprint density at radius 1 is 0.962 bits per heavy atom. The summed E-state index contributed by atoms with van der Waals surface area (Å²) in [4.78, 5) is 0.243. The Morgan fingerprint density at radius 3 is 2.31 bits per heavy atom. The van der Waals surface area contributed by atoms with Crippen LogP contribution in [0.2, 0.25) is 0 Å². The molecule has 0 aliphatic rings. The molecule has 136 valence electrons. The quantitative estimate of drug-likeness (QED) is 0.532. The summed E-state index contributed by atoms with van der Waals surface area (Å²) in [5.41, 5.74) is 4.22. The summed E-state index contributed by atoms with van der Waals surface area (Å²) in [6, 6.07) is 16.6. The van der Waals surface area contributed by atoms with Crippen molar-refractivity contribution in [3.63, 3.8) is 0 Å². The maximum absolute atomic E-state index is 13.5. The van der Waals surface area contributed by atoms with Crippen LogP contribution in [0.25, 0.3) is 11.1 Å². The molecule has 0 aliphatic carbocycles. The number of aryl methyl sites for hydroxylation is 3. The first-order valence-corrected chi connectivity index (χ1v) is 9.22. The lowest BCUT2D eigenvalue weighted by molar-refractivity contribution is -0.133. The minimum atomic E-state index is -4.33. The fourth-order valence-corrected chi connectivity index (χ4v) is 4.08. The van der Waals surface area contributed by atoms with Crippen molar-refractivity contribution in [1.82, 2.24) is 0 Å². The first-order chi connectivity index (χ1) is 12.4. The van der Waals surface area contributed by atoms with Gasteiger partial charge in [0.25, 0.3) is 0 Å². The van der Waals surface area contributed by atoms with Crippen molar-refractivity contribution < 1.29 is 13.2 Å². The summed E-state index contributed by atoms with van der Waals surface area (Å²) in [6.07, 6.45) is -3.02. The number of thiophene rings is 1. The zero-order chi connectivity index (χ0) is 18.7. The van der Waals surface area contributed by atoms with E-state index < -0.39 is 11.1 Å². The van der Waals surface area contributed by atoms with Crippen molar-refractivity contribution in [3.8, 4) is 11.1 Å². The van der Waals surface area contributed by atoms with Crippen molar-refractivity contribution in [2.75, 3.05) is 12.4 Å². The molecule has 0 aliphatic heterocycles. The first-order valence-electron chi connectivity index (χ1n) is 8.41. The minimum absolute atomic E-state index is 0.278. The molecule has 1 heterocycles. The van der Waals surface area contributed by atoms with Gasteiger partial charge in [0, 0.05) is 23.2 Å². The standard InChI is InChI=1S/C21H20F3NS/c1-14-12-15(9-11-19(14)25-2)8-10-17-13-18(16-6-4-3-5-7-16)20(26-17)21(22,23)24/h3-7,9,11-13,25H,8,10H2,1-2H3. The van der Waals surface area contributed by atoms with E-state index in [1.807, 2.05) is 26.1 Å². The van der Waals surface area contributed by atoms with Gasteiger partial charge >= 0.3 is 6.18 Å². The Balaban J connectivity index is 1.85. The molecule has 1 N–H and O–H groups in total. The molecule has 1 nitrogen and oxygen atoms in total. The van der Waals surface area contributed by atoms with Crippen LogP contribution >= 0.6 is 11.3 Å². The normalized spacial score (nSPS) is 11.6. The van der Waals surface area contributed by atoms with Crippen LogP contribution in [0.3, 0.4) is 0 Å².